The fraction of sp³-hybridized carbons (Fsp3) is 0.455. The highest BCUT2D eigenvalue weighted by Crippen LogP contribution is 2.23. The Morgan fingerprint density at radius 3 is 2.62 bits per heavy atom. The first-order valence-electron chi connectivity index (χ1n) is 5.32. The second-order valence-corrected chi connectivity index (χ2v) is 5.66. The number of anilines is 2. The Balaban J connectivity index is 2.88. The van der Waals surface area contributed by atoms with Gasteiger partial charge in [-0.25, -0.2) is 8.42 Å². The van der Waals surface area contributed by atoms with Gasteiger partial charge in [0.25, 0.3) is 0 Å². The summed E-state index contributed by atoms with van der Waals surface area (Å²) in [6.45, 7) is 3.78. The van der Waals surface area contributed by atoms with E-state index in [1.54, 1.807) is 12.1 Å². The number of hydrogen-bond donors (Lipinski definition) is 2. The van der Waals surface area contributed by atoms with Crippen LogP contribution in [0.1, 0.15) is 25.3 Å². The summed E-state index contributed by atoms with van der Waals surface area (Å²) in [4.78, 5) is 0. The molecule has 0 radical (unpaired) electrons. The summed E-state index contributed by atoms with van der Waals surface area (Å²) in [6, 6.07) is 5.31. The average Bonchev–Trinajstić information content (AvgIpc) is 2.21. The Labute approximate surface area is 96.9 Å². The number of rotatable bonds is 5. The van der Waals surface area contributed by atoms with Crippen molar-refractivity contribution >= 4 is 21.4 Å². The molecule has 0 saturated heterocycles. The molecule has 5 heteroatoms. The van der Waals surface area contributed by atoms with Crippen molar-refractivity contribution < 1.29 is 8.42 Å². The number of aryl methyl sites for hydroxylation is 1. The van der Waals surface area contributed by atoms with Gasteiger partial charge in [0.2, 0.25) is 10.0 Å². The van der Waals surface area contributed by atoms with E-state index in [1.807, 2.05) is 19.9 Å². The largest absolute Gasteiger partial charge is 0.397 e. The van der Waals surface area contributed by atoms with Crippen molar-refractivity contribution in [3.05, 3.63) is 23.8 Å². The molecule has 0 heterocycles. The van der Waals surface area contributed by atoms with Crippen LogP contribution in [0.4, 0.5) is 11.4 Å². The second kappa shape index (κ2) is 5.21. The Morgan fingerprint density at radius 1 is 1.38 bits per heavy atom. The van der Waals surface area contributed by atoms with Gasteiger partial charge in [-0.15, -0.1) is 0 Å². The first-order valence-corrected chi connectivity index (χ1v) is 6.97. The zero-order valence-electron chi connectivity index (χ0n) is 9.66. The van der Waals surface area contributed by atoms with Gasteiger partial charge in [-0.2, -0.15) is 0 Å². The van der Waals surface area contributed by atoms with E-state index in [9.17, 15) is 8.42 Å². The molecule has 0 aliphatic heterocycles. The van der Waals surface area contributed by atoms with Crippen LogP contribution in [0.15, 0.2) is 18.2 Å². The van der Waals surface area contributed by atoms with Gasteiger partial charge < -0.3 is 5.73 Å². The number of nitrogens with two attached hydrogens (primary N) is 1. The normalized spacial score (nSPS) is 11.4. The summed E-state index contributed by atoms with van der Waals surface area (Å²) in [7, 11) is -3.27. The molecule has 1 aromatic carbocycles. The van der Waals surface area contributed by atoms with Crippen molar-refractivity contribution in [2.45, 2.75) is 26.7 Å². The van der Waals surface area contributed by atoms with E-state index in [0.717, 1.165) is 12.0 Å². The zero-order valence-corrected chi connectivity index (χ0v) is 10.5. The second-order valence-electron chi connectivity index (χ2n) is 3.81. The summed E-state index contributed by atoms with van der Waals surface area (Å²) in [5, 5.41) is 0. The third-order valence-electron chi connectivity index (χ3n) is 2.33. The highest BCUT2D eigenvalue weighted by molar-refractivity contribution is 7.92. The Morgan fingerprint density at radius 2 is 2.06 bits per heavy atom. The summed E-state index contributed by atoms with van der Waals surface area (Å²) < 4.78 is 25.9. The van der Waals surface area contributed by atoms with E-state index in [0.29, 0.717) is 17.8 Å². The van der Waals surface area contributed by atoms with Gasteiger partial charge in [0.1, 0.15) is 0 Å². The minimum absolute atomic E-state index is 0.136. The number of sulfonamides is 1. The fourth-order valence-electron chi connectivity index (χ4n) is 1.37. The molecule has 0 fully saturated rings. The third kappa shape index (κ3) is 3.41. The molecule has 0 spiro atoms. The fourth-order valence-corrected chi connectivity index (χ4v) is 2.73. The zero-order chi connectivity index (χ0) is 12.2. The summed E-state index contributed by atoms with van der Waals surface area (Å²) in [6.07, 6.45) is 1.51. The predicted molar refractivity (Wildman–Crippen MR) is 67.9 cm³/mol. The first kappa shape index (κ1) is 12.8. The Hall–Kier alpha value is -1.23. The SMILES string of the molecule is CCCCS(=O)(=O)Nc1c(C)cccc1N. The Bertz CT molecular complexity index is 435. The van der Waals surface area contributed by atoms with Gasteiger partial charge in [0.05, 0.1) is 17.1 Å². The molecule has 0 unspecified atom stereocenters. The topological polar surface area (TPSA) is 72.2 Å². The van der Waals surface area contributed by atoms with Gasteiger partial charge in [-0.05, 0) is 25.0 Å². The van der Waals surface area contributed by atoms with Crippen LogP contribution in [-0.2, 0) is 10.0 Å². The van der Waals surface area contributed by atoms with Crippen LogP contribution < -0.4 is 10.5 Å². The number of unbranched alkanes of at least 4 members (excludes halogenated alkanes) is 1. The molecule has 3 N–H and O–H groups in total. The van der Waals surface area contributed by atoms with Crippen molar-refractivity contribution in [2.75, 3.05) is 16.2 Å². The lowest BCUT2D eigenvalue weighted by molar-refractivity contribution is 0.598. The molecule has 16 heavy (non-hydrogen) atoms. The maximum atomic E-state index is 11.7. The van der Waals surface area contributed by atoms with E-state index in [1.165, 1.54) is 0 Å². The van der Waals surface area contributed by atoms with Crippen molar-refractivity contribution in [1.29, 1.82) is 0 Å². The van der Waals surface area contributed by atoms with Crippen LogP contribution in [0.5, 0.6) is 0 Å². The molecule has 0 amide bonds. The molecule has 0 aromatic heterocycles. The van der Waals surface area contributed by atoms with Crippen LogP contribution in [0.2, 0.25) is 0 Å². The highest BCUT2D eigenvalue weighted by atomic mass is 32.2. The number of benzene rings is 1. The summed E-state index contributed by atoms with van der Waals surface area (Å²) in [5.41, 5.74) is 7.52. The van der Waals surface area contributed by atoms with Gasteiger partial charge in [-0.1, -0.05) is 25.5 Å². The number of hydrogen-bond acceptors (Lipinski definition) is 3. The monoisotopic (exact) mass is 242 g/mol. The molecular formula is C11H18N2O2S. The van der Waals surface area contributed by atoms with Crippen LogP contribution in [0, 0.1) is 6.92 Å². The lowest BCUT2D eigenvalue weighted by Gasteiger charge is -2.12. The maximum absolute atomic E-state index is 11.7. The van der Waals surface area contributed by atoms with Crippen LogP contribution >= 0.6 is 0 Å². The van der Waals surface area contributed by atoms with Crippen LogP contribution in [0.3, 0.4) is 0 Å². The van der Waals surface area contributed by atoms with Gasteiger partial charge >= 0.3 is 0 Å². The molecule has 0 saturated carbocycles. The molecule has 4 nitrogen and oxygen atoms in total. The van der Waals surface area contributed by atoms with Crippen LogP contribution in [-0.4, -0.2) is 14.2 Å². The van der Waals surface area contributed by atoms with Gasteiger partial charge in [-0.3, -0.25) is 4.72 Å². The smallest absolute Gasteiger partial charge is 0.232 e. The number of nitrogen functional groups attached to an aromatic ring is 1. The van der Waals surface area contributed by atoms with Crippen molar-refractivity contribution in [2.24, 2.45) is 0 Å². The van der Waals surface area contributed by atoms with Crippen molar-refractivity contribution in [3.8, 4) is 0 Å². The standard InChI is InChI=1S/C11H18N2O2S/c1-3-4-8-16(14,15)13-11-9(2)6-5-7-10(11)12/h5-7,13H,3-4,8,12H2,1-2H3. The average molecular weight is 242 g/mol. The van der Waals surface area contributed by atoms with E-state index in [4.69, 9.17) is 5.73 Å². The quantitative estimate of drug-likeness (QED) is 0.777. The number of para-hydroxylation sites is 1. The van der Waals surface area contributed by atoms with E-state index in [-0.39, 0.29) is 5.75 Å². The summed E-state index contributed by atoms with van der Waals surface area (Å²) in [5.74, 6) is 0.136. The maximum Gasteiger partial charge on any atom is 0.232 e. The molecule has 0 aliphatic rings. The summed E-state index contributed by atoms with van der Waals surface area (Å²) >= 11 is 0. The molecule has 0 bridgehead atoms. The van der Waals surface area contributed by atoms with E-state index < -0.39 is 10.0 Å². The van der Waals surface area contributed by atoms with Crippen LogP contribution in [0.25, 0.3) is 0 Å². The first-order chi connectivity index (χ1) is 7.46. The lowest BCUT2D eigenvalue weighted by atomic mass is 10.2. The molecular weight excluding hydrogens is 224 g/mol. The molecule has 0 atom stereocenters. The minimum atomic E-state index is -3.27. The molecule has 90 valence electrons. The molecule has 1 aromatic rings. The minimum Gasteiger partial charge on any atom is -0.397 e. The number of nitrogens with one attached hydrogen (secondary N) is 1. The van der Waals surface area contributed by atoms with Crippen molar-refractivity contribution in [1.82, 2.24) is 0 Å². The van der Waals surface area contributed by atoms with E-state index >= 15 is 0 Å². The van der Waals surface area contributed by atoms with Crippen molar-refractivity contribution in [3.63, 3.8) is 0 Å². The lowest BCUT2D eigenvalue weighted by Crippen LogP contribution is -2.18. The Kier molecular flexibility index (Phi) is 4.18. The van der Waals surface area contributed by atoms with Gasteiger partial charge in [0, 0.05) is 0 Å². The van der Waals surface area contributed by atoms with E-state index in [2.05, 4.69) is 4.72 Å². The predicted octanol–water partition coefficient (Wildman–Crippen LogP) is 2.12. The third-order valence-corrected chi connectivity index (χ3v) is 3.67. The van der Waals surface area contributed by atoms with Gasteiger partial charge in [0.15, 0.2) is 0 Å². The molecule has 1 rings (SSSR count). The highest BCUT2D eigenvalue weighted by Gasteiger charge is 2.12. The molecule has 0 aliphatic carbocycles.